The molecule has 0 radical (unpaired) electrons. The van der Waals surface area contributed by atoms with Crippen LogP contribution in [-0.4, -0.2) is 69.7 Å². The first kappa shape index (κ1) is 29.9. The maximum atomic E-state index is 13.7. The highest BCUT2D eigenvalue weighted by atomic mass is 31.2. The molecule has 0 aromatic carbocycles. The van der Waals surface area contributed by atoms with Crippen LogP contribution in [0.1, 0.15) is 53.2 Å². The molecular formula is C24H40N7O6P. The van der Waals surface area contributed by atoms with Gasteiger partial charge in [-0.05, 0) is 58.8 Å². The molecule has 212 valence electrons. The van der Waals surface area contributed by atoms with Crippen molar-refractivity contribution in [3.8, 4) is 0 Å². The predicted molar refractivity (Wildman–Crippen MR) is 142 cm³/mol. The normalized spacial score (nSPS) is 17.5. The van der Waals surface area contributed by atoms with Gasteiger partial charge in [-0.15, -0.1) is 0 Å². The average molecular weight is 554 g/mol. The number of carbonyl (C=O) groups excluding carboxylic acids is 2. The maximum absolute atomic E-state index is 13.7. The van der Waals surface area contributed by atoms with Crippen molar-refractivity contribution in [3.05, 3.63) is 12.0 Å². The fourth-order valence-corrected chi connectivity index (χ4v) is 6.27. The smallest absolute Gasteiger partial charge is 0.323 e. The van der Waals surface area contributed by atoms with Crippen LogP contribution < -0.4 is 15.9 Å². The van der Waals surface area contributed by atoms with E-state index in [2.05, 4.69) is 32.1 Å². The second kappa shape index (κ2) is 13.5. The van der Waals surface area contributed by atoms with E-state index in [0.29, 0.717) is 23.6 Å². The number of nitrogens with one attached hydrogen (secondary N) is 2. The number of nitrogens with two attached hydrogens (primary N) is 1. The number of hydrogen-bond acceptors (Lipinski definition) is 10. The molecule has 2 heterocycles. The Bertz CT molecular complexity index is 1120. The largest absolute Gasteiger partial charge is 0.465 e. The van der Waals surface area contributed by atoms with E-state index in [1.165, 1.54) is 26.7 Å². The van der Waals surface area contributed by atoms with Gasteiger partial charge < -0.3 is 24.5 Å². The molecule has 14 heteroatoms. The minimum Gasteiger partial charge on any atom is -0.465 e. The lowest BCUT2D eigenvalue weighted by molar-refractivity contribution is -0.145. The molecule has 1 saturated carbocycles. The molecule has 13 nitrogen and oxygen atoms in total. The van der Waals surface area contributed by atoms with Crippen molar-refractivity contribution in [2.45, 2.75) is 72.5 Å². The minimum atomic E-state index is -3.57. The molecule has 0 amide bonds. The fraction of sp³-hybridized carbons (Fsp3) is 0.708. The average Bonchev–Trinajstić information content (AvgIpc) is 3.63. The number of imidazole rings is 1. The Morgan fingerprint density at radius 2 is 1.71 bits per heavy atom. The molecule has 2 unspecified atom stereocenters. The molecule has 1 aliphatic rings. The van der Waals surface area contributed by atoms with Crippen molar-refractivity contribution in [1.29, 1.82) is 0 Å². The number of anilines is 1. The summed E-state index contributed by atoms with van der Waals surface area (Å²) in [5.74, 6) is 0.299. The number of fused-ring (bicyclic) bond motifs is 1. The van der Waals surface area contributed by atoms with Gasteiger partial charge in [-0.2, -0.15) is 4.98 Å². The monoisotopic (exact) mass is 553 g/mol. The molecule has 3 atom stereocenters. The van der Waals surface area contributed by atoms with Gasteiger partial charge in [0.2, 0.25) is 13.4 Å². The van der Waals surface area contributed by atoms with Gasteiger partial charge >= 0.3 is 11.9 Å². The summed E-state index contributed by atoms with van der Waals surface area (Å²) in [5.41, 5.74) is 8.16. The number of nitrogen functional groups attached to an aromatic ring is 1. The first-order valence-corrected chi connectivity index (χ1v) is 15.0. The van der Waals surface area contributed by atoms with E-state index in [0.717, 1.165) is 18.0 Å². The molecule has 0 saturated heterocycles. The summed E-state index contributed by atoms with van der Waals surface area (Å²) in [6.45, 7) is 9.56. The second-order valence-corrected chi connectivity index (χ2v) is 11.9. The first-order valence-electron chi connectivity index (χ1n) is 13.1. The molecule has 2 aromatic heterocycles. The zero-order valence-electron chi connectivity index (χ0n) is 22.8. The van der Waals surface area contributed by atoms with Crippen molar-refractivity contribution >= 4 is 36.5 Å². The van der Waals surface area contributed by atoms with Crippen LogP contribution >= 0.6 is 7.44 Å². The van der Waals surface area contributed by atoms with Crippen LogP contribution in [0, 0.1) is 11.8 Å². The lowest BCUT2D eigenvalue weighted by Gasteiger charge is -2.26. The second-order valence-electron chi connectivity index (χ2n) is 9.64. The van der Waals surface area contributed by atoms with Crippen molar-refractivity contribution < 1.29 is 28.4 Å². The van der Waals surface area contributed by atoms with E-state index in [-0.39, 0.29) is 32.1 Å². The molecule has 0 bridgehead atoms. The molecule has 2 aromatic rings. The van der Waals surface area contributed by atoms with Crippen LogP contribution in [0.15, 0.2) is 6.33 Å². The van der Waals surface area contributed by atoms with Gasteiger partial charge in [0.25, 0.3) is 0 Å². The van der Waals surface area contributed by atoms with Crippen molar-refractivity contribution in [2.75, 3.05) is 31.9 Å². The summed E-state index contributed by atoms with van der Waals surface area (Å²) < 4.78 is 31.2. The first-order chi connectivity index (χ1) is 18.1. The SMILES string of the molecule is CCOC(=O)C(C)NP(=O)(COCCn1cnc2c(C[C@H](C)C3CC3)nc(N)nc21)NC(C)C(=O)OCC. The standard InChI is InChI=1S/C24H40N7O6P/c1-6-36-22(32)16(4)29-38(34,30-17(5)23(33)37-7-2)14-35-11-10-31-13-26-20-19(12-15(3)18-8-9-18)27-24(25)28-21(20)31/h13,15-18H,6-12,14H2,1-5H3,(H2,25,27,28)(H2,29,30,34)/t15-,16?,17?,38?/m0/s1. The number of ether oxygens (including phenoxy) is 3. The van der Waals surface area contributed by atoms with E-state index in [4.69, 9.17) is 19.9 Å². The zero-order chi connectivity index (χ0) is 27.9. The highest BCUT2D eigenvalue weighted by Gasteiger charge is 2.32. The van der Waals surface area contributed by atoms with E-state index < -0.39 is 31.5 Å². The molecule has 1 fully saturated rings. The summed E-state index contributed by atoms with van der Waals surface area (Å²) >= 11 is 0. The topological polar surface area (TPSA) is 173 Å². The molecule has 4 N–H and O–H groups in total. The Kier molecular flexibility index (Phi) is 10.6. The number of rotatable bonds is 16. The number of nitrogens with zero attached hydrogens (tertiary/aromatic N) is 4. The molecule has 0 spiro atoms. The van der Waals surface area contributed by atoms with Crippen molar-refractivity contribution in [2.24, 2.45) is 11.8 Å². The summed E-state index contributed by atoms with van der Waals surface area (Å²) in [6.07, 6.45) is 4.67. The Hall–Kier alpha value is -2.60. The molecule has 1 aliphatic carbocycles. The lowest BCUT2D eigenvalue weighted by Crippen LogP contribution is -2.42. The van der Waals surface area contributed by atoms with Gasteiger partial charge in [-0.1, -0.05) is 6.92 Å². The van der Waals surface area contributed by atoms with Crippen LogP contribution in [0.4, 0.5) is 5.95 Å². The van der Waals surface area contributed by atoms with Crippen LogP contribution in [0.3, 0.4) is 0 Å². The molecule has 38 heavy (non-hydrogen) atoms. The van der Waals surface area contributed by atoms with Crippen LogP contribution in [0.25, 0.3) is 11.2 Å². The summed E-state index contributed by atoms with van der Waals surface area (Å²) in [4.78, 5) is 37.6. The number of hydrogen-bond donors (Lipinski definition) is 3. The Morgan fingerprint density at radius 3 is 2.26 bits per heavy atom. The summed E-state index contributed by atoms with van der Waals surface area (Å²) in [5, 5.41) is 5.51. The highest BCUT2D eigenvalue weighted by molar-refractivity contribution is 7.59. The van der Waals surface area contributed by atoms with E-state index in [1.807, 2.05) is 4.57 Å². The quantitative estimate of drug-likeness (QED) is 0.157. The van der Waals surface area contributed by atoms with Gasteiger partial charge in [-0.25, -0.2) is 20.1 Å². The van der Waals surface area contributed by atoms with E-state index in [1.54, 1.807) is 20.2 Å². The van der Waals surface area contributed by atoms with E-state index >= 15 is 0 Å². The summed E-state index contributed by atoms with van der Waals surface area (Å²) in [7, 11) is -3.57. The van der Waals surface area contributed by atoms with Crippen molar-refractivity contribution in [1.82, 2.24) is 29.7 Å². The molecule has 3 rings (SSSR count). The number of aromatic nitrogens is 4. The molecule has 0 aliphatic heterocycles. The number of carbonyl (C=O) groups is 2. The van der Waals surface area contributed by atoms with Gasteiger partial charge in [-0.3, -0.25) is 14.2 Å². The Labute approximate surface area is 223 Å². The molecular weight excluding hydrogens is 513 g/mol. The van der Waals surface area contributed by atoms with Gasteiger partial charge in [0.15, 0.2) is 5.65 Å². The lowest BCUT2D eigenvalue weighted by atomic mass is 10.00. The zero-order valence-corrected chi connectivity index (χ0v) is 23.7. The van der Waals surface area contributed by atoms with Crippen LogP contribution in [0.5, 0.6) is 0 Å². The van der Waals surface area contributed by atoms with Crippen molar-refractivity contribution in [3.63, 3.8) is 0 Å². The van der Waals surface area contributed by atoms with Gasteiger partial charge in [0.1, 0.15) is 23.9 Å². The van der Waals surface area contributed by atoms with Crippen LogP contribution in [0.2, 0.25) is 0 Å². The third kappa shape index (κ3) is 8.20. The number of esters is 2. The maximum Gasteiger partial charge on any atom is 0.323 e. The van der Waals surface area contributed by atoms with Gasteiger partial charge in [0.05, 0.1) is 31.8 Å². The van der Waals surface area contributed by atoms with Gasteiger partial charge in [0, 0.05) is 6.54 Å². The minimum absolute atomic E-state index is 0.165. The Morgan fingerprint density at radius 1 is 1.11 bits per heavy atom. The third-order valence-electron chi connectivity index (χ3n) is 6.33. The fourth-order valence-electron chi connectivity index (χ4n) is 4.20. The summed E-state index contributed by atoms with van der Waals surface area (Å²) in [6, 6.07) is -1.78. The highest BCUT2D eigenvalue weighted by Crippen LogP contribution is 2.39. The Balaban J connectivity index is 1.65. The third-order valence-corrected chi connectivity index (χ3v) is 8.48. The van der Waals surface area contributed by atoms with E-state index in [9.17, 15) is 14.2 Å². The van der Waals surface area contributed by atoms with Crippen LogP contribution in [-0.2, 0) is 41.3 Å². The predicted octanol–water partition coefficient (Wildman–Crippen LogP) is 2.25.